The third-order valence-electron chi connectivity index (χ3n) is 2.06. The summed E-state index contributed by atoms with van der Waals surface area (Å²) in [6.07, 6.45) is 1.47. The van der Waals surface area contributed by atoms with Crippen LogP contribution in [0.3, 0.4) is 0 Å². The van der Waals surface area contributed by atoms with Crippen LogP contribution in [-0.4, -0.2) is 15.1 Å². The molecule has 0 aliphatic rings. The number of benzene rings is 1. The van der Waals surface area contributed by atoms with E-state index < -0.39 is 0 Å². The standard InChI is InChI=1S/C11H9BrN2O2S/c12-9-5-8(2-1-7(9)6-15)17-11-13-4-3-10(16)14-11/h1-5,15H,6H2,(H,13,14,16). The predicted molar refractivity (Wildman–Crippen MR) is 69.0 cm³/mol. The van der Waals surface area contributed by atoms with Crippen molar-refractivity contribution in [1.82, 2.24) is 9.97 Å². The van der Waals surface area contributed by atoms with E-state index in [1.165, 1.54) is 24.0 Å². The molecule has 0 bridgehead atoms. The summed E-state index contributed by atoms with van der Waals surface area (Å²) in [5, 5.41) is 9.58. The van der Waals surface area contributed by atoms with Crippen molar-refractivity contribution in [2.75, 3.05) is 0 Å². The smallest absolute Gasteiger partial charge is 0.251 e. The minimum Gasteiger partial charge on any atom is -0.392 e. The summed E-state index contributed by atoms with van der Waals surface area (Å²) in [6, 6.07) is 6.94. The van der Waals surface area contributed by atoms with Gasteiger partial charge in [-0.3, -0.25) is 4.79 Å². The van der Waals surface area contributed by atoms with Gasteiger partial charge in [0.05, 0.1) is 6.61 Å². The van der Waals surface area contributed by atoms with Crippen molar-refractivity contribution in [3.63, 3.8) is 0 Å². The van der Waals surface area contributed by atoms with Crippen LogP contribution < -0.4 is 5.56 Å². The second kappa shape index (κ2) is 5.48. The van der Waals surface area contributed by atoms with E-state index in [4.69, 9.17) is 5.11 Å². The molecule has 0 radical (unpaired) electrons. The van der Waals surface area contributed by atoms with Crippen LogP contribution >= 0.6 is 27.7 Å². The lowest BCUT2D eigenvalue weighted by molar-refractivity contribution is 0.281. The summed E-state index contributed by atoms with van der Waals surface area (Å²) in [5.41, 5.74) is 0.650. The van der Waals surface area contributed by atoms with Gasteiger partial charge in [0.25, 0.3) is 5.56 Å². The van der Waals surface area contributed by atoms with Gasteiger partial charge in [0.2, 0.25) is 0 Å². The summed E-state index contributed by atoms with van der Waals surface area (Å²) >= 11 is 4.73. The van der Waals surface area contributed by atoms with E-state index in [9.17, 15) is 4.79 Å². The van der Waals surface area contributed by atoms with Crippen LogP contribution in [0.25, 0.3) is 0 Å². The average molecular weight is 313 g/mol. The number of halogens is 1. The number of H-pyrrole nitrogens is 1. The Morgan fingerprint density at radius 1 is 1.41 bits per heavy atom. The zero-order valence-electron chi connectivity index (χ0n) is 8.68. The Hall–Kier alpha value is -1.11. The lowest BCUT2D eigenvalue weighted by Gasteiger charge is -2.04. The fourth-order valence-corrected chi connectivity index (χ4v) is 2.69. The number of rotatable bonds is 3. The summed E-state index contributed by atoms with van der Waals surface area (Å²) in [7, 11) is 0. The normalized spacial score (nSPS) is 10.5. The molecule has 2 N–H and O–H groups in total. The molecular weight excluding hydrogens is 304 g/mol. The van der Waals surface area contributed by atoms with Gasteiger partial charge in [-0.05, 0) is 17.7 Å². The number of hydrogen-bond acceptors (Lipinski definition) is 4. The van der Waals surface area contributed by atoms with Gasteiger partial charge in [-0.2, -0.15) is 0 Å². The Labute approximate surface area is 110 Å². The molecule has 0 spiro atoms. The molecule has 0 aliphatic heterocycles. The van der Waals surface area contributed by atoms with E-state index in [-0.39, 0.29) is 12.2 Å². The number of hydrogen-bond donors (Lipinski definition) is 2. The third-order valence-corrected chi connectivity index (χ3v) is 3.69. The van der Waals surface area contributed by atoms with E-state index in [0.717, 1.165) is 14.9 Å². The lowest BCUT2D eigenvalue weighted by atomic mass is 10.2. The lowest BCUT2D eigenvalue weighted by Crippen LogP contribution is -2.04. The number of nitrogens with one attached hydrogen (secondary N) is 1. The molecular formula is C11H9BrN2O2S. The molecule has 0 fully saturated rings. The van der Waals surface area contributed by atoms with Crippen molar-refractivity contribution < 1.29 is 5.11 Å². The zero-order chi connectivity index (χ0) is 12.3. The van der Waals surface area contributed by atoms with Crippen LogP contribution in [0.1, 0.15) is 5.56 Å². The van der Waals surface area contributed by atoms with E-state index >= 15 is 0 Å². The molecule has 17 heavy (non-hydrogen) atoms. The SMILES string of the molecule is O=c1ccnc(Sc2ccc(CO)c(Br)c2)[nH]1. The van der Waals surface area contributed by atoms with Crippen LogP contribution in [0, 0.1) is 0 Å². The quantitative estimate of drug-likeness (QED) is 0.853. The third kappa shape index (κ3) is 3.18. The molecule has 0 aliphatic carbocycles. The molecule has 0 atom stereocenters. The van der Waals surface area contributed by atoms with Crippen LogP contribution in [0.15, 0.2) is 49.8 Å². The van der Waals surface area contributed by atoms with E-state index in [0.29, 0.717) is 5.16 Å². The minimum atomic E-state index is -0.173. The van der Waals surface area contributed by atoms with Gasteiger partial charge in [-0.15, -0.1) is 0 Å². The zero-order valence-corrected chi connectivity index (χ0v) is 11.1. The van der Waals surface area contributed by atoms with Crippen LogP contribution in [0.4, 0.5) is 0 Å². The largest absolute Gasteiger partial charge is 0.392 e. The number of aromatic nitrogens is 2. The molecule has 0 amide bonds. The number of aromatic amines is 1. The Balaban J connectivity index is 2.25. The van der Waals surface area contributed by atoms with Crippen molar-refractivity contribution in [3.05, 3.63) is 50.9 Å². The highest BCUT2D eigenvalue weighted by atomic mass is 79.9. The van der Waals surface area contributed by atoms with Gasteiger partial charge in [-0.25, -0.2) is 4.98 Å². The highest BCUT2D eigenvalue weighted by Crippen LogP contribution is 2.28. The van der Waals surface area contributed by atoms with E-state index in [1.807, 2.05) is 18.2 Å². The molecule has 0 saturated carbocycles. The Morgan fingerprint density at radius 2 is 2.24 bits per heavy atom. The molecule has 0 unspecified atom stereocenters. The van der Waals surface area contributed by atoms with E-state index in [1.54, 1.807) is 0 Å². The first kappa shape index (κ1) is 12.3. The predicted octanol–water partition coefficient (Wildman–Crippen LogP) is 2.18. The van der Waals surface area contributed by atoms with Crippen molar-refractivity contribution in [2.45, 2.75) is 16.7 Å². The first-order chi connectivity index (χ1) is 8.19. The summed E-state index contributed by atoms with van der Waals surface area (Å²) < 4.78 is 0.836. The summed E-state index contributed by atoms with van der Waals surface area (Å²) in [6.45, 7) is -0.00799. The molecule has 1 heterocycles. The number of nitrogens with zero attached hydrogens (tertiary/aromatic N) is 1. The van der Waals surface area contributed by atoms with Crippen molar-refractivity contribution in [3.8, 4) is 0 Å². The topological polar surface area (TPSA) is 66.0 Å². The van der Waals surface area contributed by atoms with Crippen LogP contribution in [0.2, 0.25) is 0 Å². The molecule has 88 valence electrons. The van der Waals surface area contributed by atoms with Gasteiger partial charge in [0.1, 0.15) is 0 Å². The Bertz CT molecular complexity index is 586. The molecule has 2 rings (SSSR count). The summed E-state index contributed by atoms with van der Waals surface area (Å²) in [5.74, 6) is 0. The molecule has 6 heteroatoms. The monoisotopic (exact) mass is 312 g/mol. The summed E-state index contributed by atoms with van der Waals surface area (Å²) in [4.78, 5) is 18.7. The first-order valence-corrected chi connectivity index (χ1v) is 6.42. The maximum Gasteiger partial charge on any atom is 0.251 e. The highest BCUT2D eigenvalue weighted by molar-refractivity contribution is 9.10. The molecule has 1 aromatic carbocycles. The fraction of sp³-hybridized carbons (Fsp3) is 0.0909. The molecule has 2 aromatic rings. The van der Waals surface area contributed by atoms with Gasteiger partial charge >= 0.3 is 0 Å². The highest BCUT2D eigenvalue weighted by Gasteiger charge is 2.03. The van der Waals surface area contributed by atoms with Crippen molar-refractivity contribution in [1.29, 1.82) is 0 Å². The van der Waals surface area contributed by atoms with Gasteiger partial charge in [-0.1, -0.05) is 33.8 Å². The maximum atomic E-state index is 11.1. The molecule has 0 saturated heterocycles. The van der Waals surface area contributed by atoms with Crippen molar-refractivity contribution in [2.24, 2.45) is 0 Å². The maximum absolute atomic E-state index is 11.1. The number of aliphatic hydroxyl groups is 1. The van der Waals surface area contributed by atoms with Gasteiger partial charge in [0.15, 0.2) is 5.16 Å². The Kier molecular flexibility index (Phi) is 3.98. The number of aliphatic hydroxyl groups excluding tert-OH is 1. The minimum absolute atomic E-state index is 0.00799. The molecule has 1 aromatic heterocycles. The van der Waals surface area contributed by atoms with Gasteiger partial charge < -0.3 is 10.1 Å². The fourth-order valence-electron chi connectivity index (χ4n) is 1.24. The first-order valence-electron chi connectivity index (χ1n) is 4.81. The van der Waals surface area contributed by atoms with Gasteiger partial charge in [0, 0.05) is 21.6 Å². The van der Waals surface area contributed by atoms with Crippen LogP contribution in [-0.2, 0) is 6.61 Å². The van der Waals surface area contributed by atoms with Crippen LogP contribution in [0.5, 0.6) is 0 Å². The second-order valence-electron chi connectivity index (χ2n) is 3.25. The second-order valence-corrected chi connectivity index (χ2v) is 5.17. The Morgan fingerprint density at radius 3 is 2.88 bits per heavy atom. The molecule has 4 nitrogen and oxygen atoms in total. The average Bonchev–Trinajstić information content (AvgIpc) is 2.29. The van der Waals surface area contributed by atoms with E-state index in [2.05, 4.69) is 25.9 Å². The van der Waals surface area contributed by atoms with Crippen molar-refractivity contribution >= 4 is 27.7 Å².